The first-order chi connectivity index (χ1) is 9.29. The van der Waals surface area contributed by atoms with Crippen LogP contribution in [0.3, 0.4) is 0 Å². The summed E-state index contributed by atoms with van der Waals surface area (Å²) >= 11 is 0. The number of methoxy groups -OCH3 is 2. The first-order valence-electron chi connectivity index (χ1n) is 6.58. The van der Waals surface area contributed by atoms with Crippen molar-refractivity contribution in [3.05, 3.63) is 29.3 Å². The summed E-state index contributed by atoms with van der Waals surface area (Å²) in [5, 5.41) is 0. The number of Topliss-reactive ketones (excluding diaryl/α,β-unsaturated/α-hetero) is 1. The maximum absolute atomic E-state index is 12.2. The number of hydrogen-bond donors (Lipinski definition) is 0. The van der Waals surface area contributed by atoms with Crippen molar-refractivity contribution in [1.82, 2.24) is 0 Å². The lowest BCUT2D eigenvalue weighted by Crippen LogP contribution is -2.13. The van der Waals surface area contributed by atoms with Crippen LogP contribution in [0.2, 0.25) is 0 Å². The van der Waals surface area contributed by atoms with Gasteiger partial charge in [-0.15, -0.1) is 0 Å². The second-order valence-corrected chi connectivity index (χ2v) is 5.66. The number of esters is 1. The zero-order chi connectivity index (χ0) is 15.3. The first kappa shape index (κ1) is 16.2. The van der Waals surface area contributed by atoms with Crippen LogP contribution in [0.15, 0.2) is 18.2 Å². The Morgan fingerprint density at radius 1 is 1.10 bits per heavy atom. The summed E-state index contributed by atoms with van der Waals surface area (Å²) in [7, 11) is 2.84. The molecule has 0 aliphatic rings. The van der Waals surface area contributed by atoms with E-state index in [0.717, 1.165) is 5.56 Å². The van der Waals surface area contributed by atoms with Gasteiger partial charge in [0.1, 0.15) is 5.75 Å². The van der Waals surface area contributed by atoms with Crippen molar-refractivity contribution in [3.63, 3.8) is 0 Å². The minimum Gasteiger partial charge on any atom is -0.496 e. The number of carbonyl (C=O) groups is 2. The summed E-state index contributed by atoms with van der Waals surface area (Å²) in [4.78, 5) is 23.4. The van der Waals surface area contributed by atoms with Crippen molar-refractivity contribution in [3.8, 4) is 5.75 Å². The number of ether oxygens (including phenoxy) is 2. The fraction of sp³-hybridized carbons (Fsp3) is 0.500. The van der Waals surface area contributed by atoms with Crippen molar-refractivity contribution in [2.75, 3.05) is 14.2 Å². The molecule has 0 aliphatic carbocycles. The third-order valence-corrected chi connectivity index (χ3v) is 3.15. The maximum Gasteiger partial charge on any atom is 0.305 e. The Balaban J connectivity index is 3.02. The predicted octanol–water partition coefficient (Wildman–Crippen LogP) is 3.13. The minimum atomic E-state index is -0.385. The molecule has 0 spiro atoms. The summed E-state index contributed by atoms with van der Waals surface area (Å²) in [5.41, 5.74) is 1.52. The Hall–Kier alpha value is -1.84. The normalized spacial score (nSPS) is 11.1. The van der Waals surface area contributed by atoms with Gasteiger partial charge in [-0.3, -0.25) is 9.59 Å². The van der Waals surface area contributed by atoms with Crippen LogP contribution in [0.5, 0.6) is 5.75 Å². The highest BCUT2D eigenvalue weighted by atomic mass is 16.5. The second kappa shape index (κ2) is 6.55. The number of rotatable bonds is 5. The highest BCUT2D eigenvalue weighted by Crippen LogP contribution is 2.28. The molecule has 0 amide bonds. The molecule has 20 heavy (non-hydrogen) atoms. The third kappa shape index (κ3) is 4.08. The first-order valence-corrected chi connectivity index (χ1v) is 6.58. The number of hydrogen-bond acceptors (Lipinski definition) is 4. The van der Waals surface area contributed by atoms with Crippen LogP contribution >= 0.6 is 0 Å². The van der Waals surface area contributed by atoms with Gasteiger partial charge in [-0.1, -0.05) is 26.8 Å². The van der Waals surface area contributed by atoms with E-state index in [1.54, 1.807) is 6.07 Å². The van der Waals surface area contributed by atoms with Gasteiger partial charge in [0.05, 0.1) is 26.2 Å². The molecule has 110 valence electrons. The molecule has 1 aromatic rings. The molecule has 4 nitrogen and oxygen atoms in total. The van der Waals surface area contributed by atoms with Crippen LogP contribution < -0.4 is 4.74 Å². The van der Waals surface area contributed by atoms with Crippen LogP contribution in [-0.4, -0.2) is 26.0 Å². The molecule has 0 aliphatic heterocycles. The van der Waals surface area contributed by atoms with Crippen molar-refractivity contribution in [2.45, 2.75) is 39.0 Å². The number of carbonyl (C=O) groups excluding carboxylic acids is 2. The molecule has 0 saturated heterocycles. The smallest absolute Gasteiger partial charge is 0.305 e. The molecule has 0 heterocycles. The molecular formula is C16H22O4. The lowest BCUT2D eigenvalue weighted by Gasteiger charge is -2.20. The number of ketones is 1. The van der Waals surface area contributed by atoms with Gasteiger partial charge in [0.2, 0.25) is 0 Å². The second-order valence-electron chi connectivity index (χ2n) is 5.66. The molecule has 0 fully saturated rings. The van der Waals surface area contributed by atoms with Gasteiger partial charge in [0.25, 0.3) is 0 Å². The molecule has 4 heteroatoms. The SMILES string of the molecule is COC(=O)CCC(=O)c1cc(C(C)(C)C)ccc1OC. The minimum absolute atomic E-state index is 0.0519. The Kier molecular flexibility index (Phi) is 5.31. The molecule has 0 aromatic heterocycles. The zero-order valence-corrected chi connectivity index (χ0v) is 12.8. The van der Waals surface area contributed by atoms with Crippen LogP contribution in [-0.2, 0) is 14.9 Å². The number of benzene rings is 1. The summed E-state index contributed by atoms with van der Waals surface area (Å²) in [6.07, 6.45) is 0.203. The van der Waals surface area contributed by atoms with Gasteiger partial charge in [0, 0.05) is 6.42 Å². The van der Waals surface area contributed by atoms with E-state index in [2.05, 4.69) is 25.5 Å². The van der Waals surface area contributed by atoms with Gasteiger partial charge in [0.15, 0.2) is 5.78 Å². The highest BCUT2D eigenvalue weighted by molar-refractivity contribution is 6.00. The fourth-order valence-corrected chi connectivity index (χ4v) is 1.84. The third-order valence-electron chi connectivity index (χ3n) is 3.15. The van der Waals surface area contributed by atoms with Gasteiger partial charge in [-0.2, -0.15) is 0 Å². The van der Waals surface area contributed by atoms with Crippen molar-refractivity contribution < 1.29 is 19.1 Å². The molecule has 0 atom stereocenters. The standard InChI is InChI=1S/C16H22O4/c1-16(2,3)11-6-8-14(19-4)12(10-11)13(17)7-9-15(18)20-5/h6,8,10H,7,9H2,1-5H3. The highest BCUT2D eigenvalue weighted by Gasteiger charge is 2.19. The van der Waals surface area contributed by atoms with Crippen molar-refractivity contribution >= 4 is 11.8 Å². The summed E-state index contributed by atoms with van der Waals surface area (Å²) in [5.74, 6) is 0.0375. The molecule has 1 aromatic carbocycles. The maximum atomic E-state index is 12.2. The topological polar surface area (TPSA) is 52.6 Å². The van der Waals surface area contributed by atoms with E-state index in [0.29, 0.717) is 11.3 Å². The summed E-state index contributed by atoms with van der Waals surface area (Å²) in [6.45, 7) is 6.24. The van der Waals surface area contributed by atoms with E-state index >= 15 is 0 Å². The monoisotopic (exact) mass is 278 g/mol. The molecule has 0 radical (unpaired) electrons. The van der Waals surface area contributed by atoms with Gasteiger partial charge >= 0.3 is 5.97 Å². The van der Waals surface area contributed by atoms with Crippen LogP contribution in [0.25, 0.3) is 0 Å². The predicted molar refractivity (Wildman–Crippen MR) is 77.3 cm³/mol. The quantitative estimate of drug-likeness (QED) is 0.613. The average molecular weight is 278 g/mol. The Labute approximate surface area is 120 Å². The van der Waals surface area contributed by atoms with E-state index in [1.165, 1.54) is 14.2 Å². The summed E-state index contributed by atoms with van der Waals surface area (Å²) < 4.78 is 9.78. The Morgan fingerprint density at radius 2 is 1.75 bits per heavy atom. The molecule has 0 saturated carbocycles. The zero-order valence-electron chi connectivity index (χ0n) is 12.8. The van der Waals surface area contributed by atoms with E-state index in [-0.39, 0.29) is 30.0 Å². The van der Waals surface area contributed by atoms with Crippen LogP contribution in [0.1, 0.15) is 49.5 Å². The van der Waals surface area contributed by atoms with Gasteiger partial charge in [-0.05, 0) is 23.1 Å². The largest absolute Gasteiger partial charge is 0.496 e. The molecule has 0 N–H and O–H groups in total. The molecule has 0 unspecified atom stereocenters. The van der Waals surface area contributed by atoms with Crippen LogP contribution in [0, 0.1) is 0 Å². The molecule has 1 rings (SSSR count). The van der Waals surface area contributed by atoms with Crippen molar-refractivity contribution in [1.29, 1.82) is 0 Å². The lowest BCUT2D eigenvalue weighted by molar-refractivity contribution is -0.140. The molecular weight excluding hydrogens is 256 g/mol. The van der Waals surface area contributed by atoms with Crippen LogP contribution in [0.4, 0.5) is 0 Å². The lowest BCUT2D eigenvalue weighted by atomic mass is 9.85. The van der Waals surface area contributed by atoms with E-state index < -0.39 is 0 Å². The van der Waals surface area contributed by atoms with Gasteiger partial charge in [-0.25, -0.2) is 0 Å². The summed E-state index contributed by atoms with van der Waals surface area (Å²) in [6, 6.07) is 5.60. The average Bonchev–Trinajstić information content (AvgIpc) is 2.42. The Morgan fingerprint density at radius 3 is 2.25 bits per heavy atom. The van der Waals surface area contributed by atoms with E-state index in [9.17, 15) is 9.59 Å². The van der Waals surface area contributed by atoms with Gasteiger partial charge < -0.3 is 9.47 Å². The van der Waals surface area contributed by atoms with Crippen molar-refractivity contribution in [2.24, 2.45) is 0 Å². The Bertz CT molecular complexity index is 498. The van der Waals surface area contributed by atoms with E-state index in [4.69, 9.17) is 4.74 Å². The fourth-order valence-electron chi connectivity index (χ4n) is 1.84. The van der Waals surface area contributed by atoms with E-state index in [1.807, 2.05) is 12.1 Å². The molecule has 0 bridgehead atoms.